The van der Waals surface area contributed by atoms with Crippen molar-refractivity contribution < 1.29 is 9.90 Å². The van der Waals surface area contributed by atoms with Gasteiger partial charge in [-0.25, -0.2) is 4.79 Å². The van der Waals surface area contributed by atoms with Crippen LogP contribution < -0.4 is 0 Å². The van der Waals surface area contributed by atoms with E-state index in [9.17, 15) is 4.79 Å². The van der Waals surface area contributed by atoms with Crippen LogP contribution in [0.4, 0.5) is 0 Å². The molecular weight excluding hydrogens is 338 g/mol. The molecule has 0 bridgehead atoms. The zero-order valence-electron chi connectivity index (χ0n) is 8.23. The third-order valence-corrected chi connectivity index (χ3v) is 3.40. The van der Waals surface area contributed by atoms with Crippen molar-refractivity contribution in [2.75, 3.05) is 0 Å². The minimum atomic E-state index is -1.31. The van der Waals surface area contributed by atoms with E-state index in [-0.39, 0.29) is 10.6 Å². The summed E-state index contributed by atoms with van der Waals surface area (Å²) in [5, 5.41) is 9.26. The van der Waals surface area contributed by atoms with Crippen molar-refractivity contribution in [1.29, 1.82) is 0 Å². The molecule has 0 atom stereocenters. The fourth-order valence-corrected chi connectivity index (χ4v) is 2.68. The number of alkyl halides is 3. The highest BCUT2D eigenvalue weighted by Gasteiger charge is 2.28. The summed E-state index contributed by atoms with van der Waals surface area (Å²) in [6.07, 6.45) is 0.491. The number of carbonyl (C=O) groups is 1. The molecule has 0 aliphatic carbocycles. The smallest absolute Gasteiger partial charge is 0.336 e. The summed E-state index contributed by atoms with van der Waals surface area (Å²) in [6.45, 7) is 1.82. The summed E-state index contributed by atoms with van der Waals surface area (Å²) >= 11 is 20.9. The van der Waals surface area contributed by atoms with E-state index in [1.807, 2.05) is 6.92 Å². The molecular formula is C10H8BrCl3O2. The molecule has 2 nitrogen and oxygen atoms in total. The number of hydrogen-bond acceptors (Lipinski definition) is 1. The Hall–Kier alpha value is 0.0400. The second-order valence-electron chi connectivity index (χ2n) is 3.11. The van der Waals surface area contributed by atoms with Gasteiger partial charge in [0.2, 0.25) is 0 Å². The molecule has 0 saturated heterocycles. The summed E-state index contributed by atoms with van der Waals surface area (Å²) in [7, 11) is 0. The quantitative estimate of drug-likeness (QED) is 0.813. The van der Waals surface area contributed by atoms with Gasteiger partial charge in [0, 0.05) is 5.56 Å². The monoisotopic (exact) mass is 344 g/mol. The lowest BCUT2D eigenvalue weighted by atomic mass is 10.0. The highest BCUT2D eigenvalue weighted by Crippen LogP contribution is 2.45. The van der Waals surface area contributed by atoms with E-state index in [0.717, 1.165) is 0 Å². The topological polar surface area (TPSA) is 37.3 Å². The first kappa shape index (κ1) is 14.1. The van der Waals surface area contributed by atoms with E-state index in [0.29, 0.717) is 17.5 Å². The molecule has 0 amide bonds. The van der Waals surface area contributed by atoms with Crippen molar-refractivity contribution in [2.24, 2.45) is 0 Å². The maximum absolute atomic E-state index is 11.0. The Bertz CT molecular complexity index is 427. The molecule has 0 radical (unpaired) electrons. The number of hydrogen-bond donors (Lipinski definition) is 1. The minimum Gasteiger partial charge on any atom is -0.478 e. The van der Waals surface area contributed by atoms with Crippen LogP contribution in [0.1, 0.15) is 28.4 Å². The van der Waals surface area contributed by atoms with Gasteiger partial charge in [-0.1, -0.05) is 47.8 Å². The summed E-state index contributed by atoms with van der Waals surface area (Å²) < 4.78 is -1.31. The summed E-state index contributed by atoms with van der Waals surface area (Å²) in [5.74, 6) is -1.02. The van der Waals surface area contributed by atoms with E-state index in [1.54, 1.807) is 0 Å². The van der Waals surface area contributed by atoms with Crippen LogP contribution in [0.5, 0.6) is 0 Å². The molecule has 0 aromatic heterocycles. The van der Waals surface area contributed by atoms with E-state index >= 15 is 0 Å². The Kier molecular flexibility index (Phi) is 4.52. The van der Waals surface area contributed by atoms with Crippen LogP contribution in [0.2, 0.25) is 5.02 Å². The number of benzene rings is 1. The Morgan fingerprint density at radius 1 is 1.50 bits per heavy atom. The second kappa shape index (κ2) is 5.13. The number of carboxylic acid groups (broad SMARTS) is 1. The first-order valence-electron chi connectivity index (χ1n) is 4.41. The Morgan fingerprint density at radius 2 is 2.06 bits per heavy atom. The van der Waals surface area contributed by atoms with E-state index in [4.69, 9.17) is 39.9 Å². The molecule has 0 heterocycles. The van der Waals surface area contributed by atoms with Crippen LogP contribution in [0, 0.1) is 0 Å². The van der Waals surface area contributed by atoms with Gasteiger partial charge in [0.1, 0.15) is 0 Å². The number of halogens is 4. The Balaban J connectivity index is 3.46. The third-order valence-electron chi connectivity index (χ3n) is 2.13. The number of rotatable bonds is 3. The molecule has 88 valence electrons. The molecule has 1 rings (SSSR count). The lowest BCUT2D eigenvalue weighted by molar-refractivity contribution is 0.0695. The fraction of sp³-hybridized carbons (Fsp3) is 0.300. The molecule has 0 spiro atoms. The normalized spacial score (nSPS) is 11.6. The van der Waals surface area contributed by atoms with Gasteiger partial charge in [0.05, 0.1) is 10.6 Å². The van der Waals surface area contributed by atoms with Crippen molar-refractivity contribution in [1.82, 2.24) is 0 Å². The van der Waals surface area contributed by atoms with Crippen molar-refractivity contribution in [2.45, 2.75) is 16.6 Å². The van der Waals surface area contributed by atoms with Crippen molar-refractivity contribution in [3.8, 4) is 0 Å². The van der Waals surface area contributed by atoms with Crippen LogP contribution in [-0.4, -0.2) is 11.1 Å². The second-order valence-corrected chi connectivity index (χ2v) is 6.92. The lowest BCUT2D eigenvalue weighted by Crippen LogP contribution is -2.08. The first-order chi connectivity index (χ1) is 7.29. The van der Waals surface area contributed by atoms with Crippen molar-refractivity contribution >= 4 is 56.7 Å². The molecule has 0 aliphatic rings. The van der Waals surface area contributed by atoms with Gasteiger partial charge >= 0.3 is 5.97 Å². The van der Waals surface area contributed by atoms with Gasteiger partial charge in [0.25, 0.3) is 0 Å². The molecule has 1 aromatic rings. The number of carboxylic acids is 1. The Labute approximate surface area is 117 Å². The highest BCUT2D eigenvalue weighted by molar-refractivity contribution is 9.10. The molecule has 16 heavy (non-hydrogen) atoms. The predicted octanol–water partition coefficient (Wildman–Crippen LogP) is 4.58. The van der Waals surface area contributed by atoms with Crippen LogP contribution in [0.3, 0.4) is 0 Å². The van der Waals surface area contributed by atoms with Crippen LogP contribution in [0.15, 0.2) is 12.1 Å². The maximum Gasteiger partial charge on any atom is 0.336 e. The van der Waals surface area contributed by atoms with E-state index < -0.39 is 9.21 Å². The molecule has 6 heteroatoms. The van der Waals surface area contributed by atoms with Crippen molar-refractivity contribution in [3.63, 3.8) is 0 Å². The molecule has 0 unspecified atom stereocenters. The molecule has 1 aromatic carbocycles. The van der Waals surface area contributed by atoms with Gasteiger partial charge in [0.15, 0.2) is 3.24 Å². The average Bonchev–Trinajstić information content (AvgIpc) is 2.14. The van der Waals surface area contributed by atoms with Gasteiger partial charge in [-0.2, -0.15) is 0 Å². The summed E-state index contributed by atoms with van der Waals surface area (Å²) in [4.78, 5) is 11.0. The van der Waals surface area contributed by atoms with E-state index in [1.165, 1.54) is 12.1 Å². The standard InChI is InChI=1S/C10H8BrCl3O2/c1-2-5-6(9(15)16)3-4-7(8(5)12)10(11,13)14/h3-4H,2H2,1H3,(H,15,16). The molecule has 0 saturated carbocycles. The zero-order valence-corrected chi connectivity index (χ0v) is 12.1. The van der Waals surface area contributed by atoms with Gasteiger partial charge < -0.3 is 5.11 Å². The first-order valence-corrected chi connectivity index (χ1v) is 6.33. The van der Waals surface area contributed by atoms with E-state index in [2.05, 4.69) is 15.9 Å². The Morgan fingerprint density at radius 3 is 2.44 bits per heavy atom. The van der Waals surface area contributed by atoms with Crippen LogP contribution in [-0.2, 0) is 9.66 Å². The van der Waals surface area contributed by atoms with Crippen LogP contribution >= 0.6 is 50.7 Å². The van der Waals surface area contributed by atoms with Gasteiger partial charge in [-0.3, -0.25) is 0 Å². The third kappa shape index (κ3) is 2.83. The summed E-state index contributed by atoms with van der Waals surface area (Å²) in [5.41, 5.74) is 1.14. The van der Waals surface area contributed by atoms with Gasteiger partial charge in [-0.05, 0) is 34.0 Å². The number of aromatic carboxylic acids is 1. The minimum absolute atomic E-state index is 0.168. The highest BCUT2D eigenvalue weighted by atomic mass is 79.9. The zero-order chi connectivity index (χ0) is 12.5. The van der Waals surface area contributed by atoms with Crippen molar-refractivity contribution in [3.05, 3.63) is 33.8 Å². The molecule has 0 fully saturated rings. The molecule has 1 N–H and O–H groups in total. The largest absolute Gasteiger partial charge is 0.478 e. The molecule has 0 aliphatic heterocycles. The summed E-state index contributed by atoms with van der Waals surface area (Å²) in [6, 6.07) is 2.95. The maximum atomic E-state index is 11.0. The predicted molar refractivity (Wildman–Crippen MR) is 70.1 cm³/mol. The fourth-order valence-electron chi connectivity index (χ4n) is 1.39. The SMILES string of the molecule is CCc1c(C(=O)O)ccc(C(Cl)(Cl)Br)c1Cl. The van der Waals surface area contributed by atoms with Gasteiger partial charge in [-0.15, -0.1) is 0 Å². The van der Waals surface area contributed by atoms with Crippen LogP contribution in [0.25, 0.3) is 0 Å². The average molecular weight is 346 g/mol. The lowest BCUT2D eigenvalue weighted by Gasteiger charge is -2.17.